The zero-order valence-electron chi connectivity index (χ0n) is 13.8. The lowest BCUT2D eigenvalue weighted by Gasteiger charge is -2.18. The summed E-state index contributed by atoms with van der Waals surface area (Å²) in [5.74, 6) is 0.429. The highest BCUT2D eigenvalue weighted by atomic mass is 16.5. The van der Waals surface area contributed by atoms with Crippen molar-refractivity contribution in [2.45, 2.75) is 19.9 Å². The second kappa shape index (κ2) is 6.74. The van der Waals surface area contributed by atoms with Crippen LogP contribution in [0.4, 0.5) is 5.69 Å². The molecular weight excluding hydrogens is 304 g/mol. The minimum Gasteiger partial charge on any atom is -0.492 e. The van der Waals surface area contributed by atoms with E-state index in [2.05, 4.69) is 5.32 Å². The minimum atomic E-state index is -0.613. The van der Waals surface area contributed by atoms with Gasteiger partial charge in [-0.1, -0.05) is 35.9 Å². The lowest BCUT2D eigenvalue weighted by Crippen LogP contribution is -2.38. The number of aryl methyl sites for hydroxylation is 1. The fraction of sp³-hybridized carbons (Fsp3) is 0.263. The Morgan fingerprint density at radius 3 is 2.58 bits per heavy atom. The van der Waals surface area contributed by atoms with E-state index < -0.39 is 6.04 Å². The van der Waals surface area contributed by atoms with Crippen molar-refractivity contribution in [1.82, 2.24) is 5.32 Å². The highest BCUT2D eigenvalue weighted by molar-refractivity contribution is 6.06. The summed E-state index contributed by atoms with van der Waals surface area (Å²) in [6.45, 7) is 4.25. The second-order valence-electron chi connectivity index (χ2n) is 5.84. The third kappa shape index (κ3) is 3.25. The number of nitrogens with one attached hydrogen (secondary N) is 1. The largest absolute Gasteiger partial charge is 0.492 e. The lowest BCUT2D eigenvalue weighted by atomic mass is 10.1. The van der Waals surface area contributed by atoms with Gasteiger partial charge in [-0.2, -0.15) is 0 Å². The average molecular weight is 324 g/mol. The van der Waals surface area contributed by atoms with Crippen molar-refractivity contribution in [1.29, 1.82) is 0 Å². The Bertz CT molecular complexity index is 755. The molecule has 0 bridgehead atoms. The maximum absolute atomic E-state index is 12.6. The van der Waals surface area contributed by atoms with E-state index in [4.69, 9.17) is 4.74 Å². The smallest absolute Gasteiger partial charge is 0.254 e. The molecule has 0 fully saturated rings. The van der Waals surface area contributed by atoms with Crippen molar-refractivity contribution < 1.29 is 14.3 Å². The van der Waals surface area contributed by atoms with Crippen molar-refractivity contribution in [2.75, 3.05) is 18.1 Å². The van der Waals surface area contributed by atoms with Crippen LogP contribution in [0.5, 0.6) is 5.75 Å². The van der Waals surface area contributed by atoms with Crippen LogP contribution in [0.2, 0.25) is 0 Å². The molecule has 0 aromatic heterocycles. The number of fused-ring (bicyclic) bond motifs is 1. The summed E-state index contributed by atoms with van der Waals surface area (Å²) in [6, 6.07) is 14.7. The van der Waals surface area contributed by atoms with Crippen molar-refractivity contribution in [3.8, 4) is 5.75 Å². The van der Waals surface area contributed by atoms with Crippen LogP contribution in [-0.2, 0) is 9.59 Å². The van der Waals surface area contributed by atoms with Gasteiger partial charge in [0.2, 0.25) is 5.91 Å². The quantitative estimate of drug-likeness (QED) is 0.920. The lowest BCUT2D eigenvalue weighted by molar-refractivity contribution is -0.126. The molecule has 3 rings (SSSR count). The van der Waals surface area contributed by atoms with Crippen molar-refractivity contribution in [2.24, 2.45) is 0 Å². The molecule has 2 aromatic carbocycles. The molecule has 1 aliphatic heterocycles. The zero-order chi connectivity index (χ0) is 17.1. The van der Waals surface area contributed by atoms with Crippen LogP contribution in [0.1, 0.15) is 24.1 Å². The van der Waals surface area contributed by atoms with Crippen LogP contribution in [0.15, 0.2) is 48.5 Å². The summed E-state index contributed by atoms with van der Waals surface area (Å²) in [5.41, 5.74) is 2.82. The summed E-state index contributed by atoms with van der Waals surface area (Å²) < 4.78 is 5.72. The molecule has 0 saturated heterocycles. The van der Waals surface area contributed by atoms with E-state index >= 15 is 0 Å². The zero-order valence-corrected chi connectivity index (χ0v) is 13.8. The summed E-state index contributed by atoms with van der Waals surface area (Å²) in [4.78, 5) is 25.7. The second-order valence-corrected chi connectivity index (χ2v) is 5.84. The number of ether oxygens (including phenoxy) is 1. The number of anilines is 1. The summed E-state index contributed by atoms with van der Waals surface area (Å²) in [5, 5.41) is 2.72. The van der Waals surface area contributed by atoms with Crippen LogP contribution >= 0.6 is 0 Å². The van der Waals surface area contributed by atoms with E-state index in [9.17, 15) is 9.59 Å². The molecule has 2 amide bonds. The SMILES string of the molecule is CC(=O)N[C@H]1C(=O)N(CCOc2ccc(C)cc2)c2ccccc21. The van der Waals surface area contributed by atoms with Crippen LogP contribution < -0.4 is 15.0 Å². The van der Waals surface area contributed by atoms with Gasteiger partial charge in [-0.15, -0.1) is 0 Å². The van der Waals surface area contributed by atoms with Gasteiger partial charge in [-0.3, -0.25) is 9.59 Å². The van der Waals surface area contributed by atoms with Gasteiger partial charge >= 0.3 is 0 Å². The molecule has 1 N–H and O–H groups in total. The Kier molecular flexibility index (Phi) is 4.51. The van der Waals surface area contributed by atoms with Crippen molar-refractivity contribution in [3.63, 3.8) is 0 Å². The molecule has 1 atom stereocenters. The van der Waals surface area contributed by atoms with Gasteiger partial charge in [0.05, 0.1) is 6.54 Å². The molecule has 24 heavy (non-hydrogen) atoms. The molecule has 0 unspecified atom stereocenters. The van der Waals surface area contributed by atoms with Crippen LogP contribution in [-0.4, -0.2) is 25.0 Å². The molecule has 0 spiro atoms. The first-order valence-corrected chi connectivity index (χ1v) is 7.93. The van der Waals surface area contributed by atoms with Crippen LogP contribution in [0, 0.1) is 6.92 Å². The fourth-order valence-corrected chi connectivity index (χ4v) is 2.85. The van der Waals surface area contributed by atoms with Gasteiger partial charge < -0.3 is 15.0 Å². The van der Waals surface area contributed by atoms with E-state index in [1.54, 1.807) is 4.90 Å². The van der Waals surface area contributed by atoms with Crippen molar-refractivity contribution >= 4 is 17.5 Å². The van der Waals surface area contributed by atoms with Gasteiger partial charge in [-0.05, 0) is 25.1 Å². The highest BCUT2D eigenvalue weighted by Gasteiger charge is 2.37. The third-order valence-corrected chi connectivity index (χ3v) is 4.00. The van der Waals surface area contributed by atoms with Gasteiger partial charge in [0.15, 0.2) is 0 Å². The third-order valence-electron chi connectivity index (χ3n) is 4.00. The van der Waals surface area contributed by atoms with Crippen LogP contribution in [0.3, 0.4) is 0 Å². The number of carbonyl (C=O) groups excluding carboxylic acids is 2. The molecular formula is C19H20N2O3. The molecule has 1 aliphatic rings. The summed E-state index contributed by atoms with van der Waals surface area (Å²) in [6.07, 6.45) is 0. The standard InChI is InChI=1S/C19H20N2O3/c1-13-7-9-15(10-8-13)24-12-11-21-17-6-4-3-5-16(17)18(19(21)23)20-14(2)22/h3-10,18H,11-12H2,1-2H3,(H,20,22)/t18-/m1/s1. The van der Waals surface area contributed by atoms with Gasteiger partial charge in [-0.25, -0.2) is 0 Å². The molecule has 0 saturated carbocycles. The number of para-hydroxylation sites is 1. The number of hydrogen-bond donors (Lipinski definition) is 1. The molecule has 1 heterocycles. The maximum Gasteiger partial charge on any atom is 0.254 e. The highest BCUT2D eigenvalue weighted by Crippen LogP contribution is 2.35. The summed E-state index contributed by atoms with van der Waals surface area (Å²) in [7, 11) is 0. The number of hydrogen-bond acceptors (Lipinski definition) is 3. The Morgan fingerprint density at radius 1 is 1.17 bits per heavy atom. The molecule has 2 aromatic rings. The predicted octanol–water partition coefficient (Wildman–Crippen LogP) is 2.60. The normalized spacial score (nSPS) is 16.0. The molecule has 5 nitrogen and oxygen atoms in total. The molecule has 0 aliphatic carbocycles. The predicted molar refractivity (Wildman–Crippen MR) is 92.0 cm³/mol. The first kappa shape index (κ1) is 16.1. The number of nitrogens with zero attached hydrogens (tertiary/aromatic N) is 1. The molecule has 124 valence electrons. The maximum atomic E-state index is 12.6. The van der Waals surface area contributed by atoms with Gasteiger partial charge in [0.1, 0.15) is 18.4 Å². The Hall–Kier alpha value is -2.82. The van der Waals surface area contributed by atoms with Gasteiger partial charge in [0.25, 0.3) is 5.91 Å². The number of rotatable bonds is 5. The topological polar surface area (TPSA) is 58.6 Å². The van der Waals surface area contributed by atoms with E-state index in [-0.39, 0.29) is 11.8 Å². The monoisotopic (exact) mass is 324 g/mol. The number of benzene rings is 2. The fourth-order valence-electron chi connectivity index (χ4n) is 2.85. The average Bonchev–Trinajstić information content (AvgIpc) is 2.82. The van der Waals surface area contributed by atoms with E-state index in [0.29, 0.717) is 13.2 Å². The van der Waals surface area contributed by atoms with Crippen molar-refractivity contribution in [3.05, 3.63) is 59.7 Å². The minimum absolute atomic E-state index is 0.126. The Balaban J connectivity index is 1.70. The molecule has 0 radical (unpaired) electrons. The summed E-state index contributed by atoms with van der Waals surface area (Å²) >= 11 is 0. The van der Waals surface area contributed by atoms with E-state index in [1.165, 1.54) is 12.5 Å². The van der Waals surface area contributed by atoms with E-state index in [1.807, 2.05) is 55.5 Å². The number of amides is 2. The van der Waals surface area contributed by atoms with Gasteiger partial charge in [0, 0.05) is 18.2 Å². The van der Waals surface area contributed by atoms with Crippen LogP contribution in [0.25, 0.3) is 0 Å². The molecule has 5 heteroatoms. The Morgan fingerprint density at radius 2 is 1.88 bits per heavy atom. The Labute approximate surface area is 141 Å². The number of carbonyl (C=O) groups is 2. The van der Waals surface area contributed by atoms with E-state index in [0.717, 1.165) is 17.0 Å². The first-order valence-electron chi connectivity index (χ1n) is 7.93. The first-order chi connectivity index (χ1) is 11.6.